The first-order chi connectivity index (χ1) is 10.7. The SMILES string of the molecule is [CH2]Cc1c(-c2ccc(F)cc2)oc2cc(N)c(C3CC3)cc12. The molecule has 0 amide bonds. The molecule has 3 aromatic rings. The molecule has 4 rings (SSSR count). The number of halogens is 1. The largest absolute Gasteiger partial charge is 0.456 e. The van der Waals surface area contributed by atoms with E-state index in [1.54, 1.807) is 12.1 Å². The highest BCUT2D eigenvalue weighted by Gasteiger charge is 2.27. The van der Waals surface area contributed by atoms with E-state index in [9.17, 15) is 4.39 Å². The summed E-state index contributed by atoms with van der Waals surface area (Å²) in [6, 6.07) is 10.4. The predicted octanol–water partition coefficient (Wildman–Crippen LogP) is 5.08. The van der Waals surface area contributed by atoms with E-state index in [0.717, 1.165) is 33.5 Å². The van der Waals surface area contributed by atoms with Crippen molar-refractivity contribution in [3.63, 3.8) is 0 Å². The summed E-state index contributed by atoms with van der Waals surface area (Å²) >= 11 is 0. The van der Waals surface area contributed by atoms with Crippen molar-refractivity contribution in [2.45, 2.75) is 25.2 Å². The third-order valence-corrected chi connectivity index (χ3v) is 4.37. The number of rotatable bonds is 3. The van der Waals surface area contributed by atoms with E-state index in [2.05, 4.69) is 13.0 Å². The summed E-state index contributed by atoms with van der Waals surface area (Å²) in [6.45, 7) is 4.03. The molecule has 2 nitrogen and oxygen atoms in total. The van der Waals surface area contributed by atoms with Crippen molar-refractivity contribution < 1.29 is 8.81 Å². The quantitative estimate of drug-likeness (QED) is 0.684. The van der Waals surface area contributed by atoms with Gasteiger partial charge in [-0.25, -0.2) is 4.39 Å². The molecule has 1 heterocycles. The standard InChI is InChI=1S/C19H17FNO/c1-2-14-16-9-15(11-3-4-11)17(21)10-18(16)22-19(14)12-5-7-13(20)8-6-12/h5-11H,1-4,21H2. The van der Waals surface area contributed by atoms with Crippen molar-refractivity contribution in [3.8, 4) is 11.3 Å². The zero-order valence-corrected chi connectivity index (χ0v) is 12.2. The summed E-state index contributed by atoms with van der Waals surface area (Å²) in [5.41, 5.74) is 10.9. The van der Waals surface area contributed by atoms with Crippen LogP contribution in [0.4, 0.5) is 10.1 Å². The smallest absolute Gasteiger partial charge is 0.138 e. The average molecular weight is 294 g/mol. The van der Waals surface area contributed by atoms with Gasteiger partial charge in [-0.1, -0.05) is 0 Å². The molecule has 2 aromatic carbocycles. The van der Waals surface area contributed by atoms with Crippen molar-refractivity contribution in [2.24, 2.45) is 0 Å². The molecular weight excluding hydrogens is 277 g/mol. The van der Waals surface area contributed by atoms with Crippen LogP contribution in [0.25, 0.3) is 22.3 Å². The topological polar surface area (TPSA) is 39.2 Å². The Hall–Kier alpha value is -2.29. The normalized spacial score (nSPS) is 14.6. The van der Waals surface area contributed by atoms with E-state index in [4.69, 9.17) is 10.2 Å². The number of furan rings is 1. The first-order valence-corrected chi connectivity index (χ1v) is 7.57. The molecule has 0 aliphatic heterocycles. The molecule has 2 N–H and O–H groups in total. The number of nitrogens with two attached hydrogens (primary N) is 1. The number of benzene rings is 2. The van der Waals surface area contributed by atoms with Gasteiger partial charge in [0.1, 0.15) is 17.2 Å². The molecule has 0 atom stereocenters. The molecule has 3 heteroatoms. The second-order valence-corrected chi connectivity index (χ2v) is 5.92. The van der Waals surface area contributed by atoms with Gasteiger partial charge in [-0.05, 0) is 68.0 Å². The van der Waals surface area contributed by atoms with E-state index in [1.807, 2.05) is 6.07 Å². The molecule has 1 radical (unpaired) electrons. The third-order valence-electron chi connectivity index (χ3n) is 4.37. The van der Waals surface area contributed by atoms with Crippen LogP contribution in [-0.4, -0.2) is 0 Å². The highest BCUT2D eigenvalue weighted by atomic mass is 19.1. The summed E-state index contributed by atoms with van der Waals surface area (Å²) in [7, 11) is 0. The maximum atomic E-state index is 13.1. The van der Waals surface area contributed by atoms with Crippen molar-refractivity contribution in [3.05, 3.63) is 60.3 Å². The molecular formula is C19H17FNO. The van der Waals surface area contributed by atoms with Crippen LogP contribution in [0.2, 0.25) is 0 Å². The zero-order valence-electron chi connectivity index (χ0n) is 12.2. The Balaban J connectivity index is 1.93. The van der Waals surface area contributed by atoms with Crippen LogP contribution in [0.3, 0.4) is 0 Å². The van der Waals surface area contributed by atoms with Crippen LogP contribution in [0.5, 0.6) is 0 Å². The van der Waals surface area contributed by atoms with Gasteiger partial charge in [-0.2, -0.15) is 0 Å². The summed E-state index contributed by atoms with van der Waals surface area (Å²) in [5.74, 6) is 1.10. The number of nitrogen functional groups attached to an aromatic ring is 1. The summed E-state index contributed by atoms with van der Waals surface area (Å²) in [5, 5.41) is 1.07. The maximum absolute atomic E-state index is 13.1. The van der Waals surface area contributed by atoms with Gasteiger partial charge in [-0.15, -0.1) is 0 Å². The lowest BCUT2D eigenvalue weighted by molar-refractivity contribution is 0.621. The number of hydrogen-bond acceptors (Lipinski definition) is 2. The van der Waals surface area contributed by atoms with Crippen LogP contribution < -0.4 is 5.73 Å². The van der Waals surface area contributed by atoms with E-state index < -0.39 is 0 Å². The third kappa shape index (κ3) is 2.08. The molecule has 0 bridgehead atoms. The van der Waals surface area contributed by atoms with Crippen molar-refractivity contribution in [1.82, 2.24) is 0 Å². The molecule has 0 spiro atoms. The second kappa shape index (κ2) is 4.87. The van der Waals surface area contributed by atoms with Crippen LogP contribution in [0, 0.1) is 12.7 Å². The van der Waals surface area contributed by atoms with Gasteiger partial charge >= 0.3 is 0 Å². The zero-order chi connectivity index (χ0) is 15.3. The number of hydrogen-bond donors (Lipinski definition) is 1. The first-order valence-electron chi connectivity index (χ1n) is 7.57. The van der Waals surface area contributed by atoms with E-state index in [0.29, 0.717) is 12.3 Å². The monoisotopic (exact) mass is 294 g/mol. The van der Waals surface area contributed by atoms with Gasteiger partial charge in [0.15, 0.2) is 0 Å². The Morgan fingerprint density at radius 2 is 1.91 bits per heavy atom. The number of anilines is 1. The van der Waals surface area contributed by atoms with Gasteiger partial charge in [0.05, 0.1) is 0 Å². The van der Waals surface area contributed by atoms with Gasteiger partial charge in [-0.3, -0.25) is 0 Å². The molecule has 0 unspecified atom stereocenters. The molecule has 0 saturated heterocycles. The molecule has 111 valence electrons. The van der Waals surface area contributed by atoms with Crippen LogP contribution in [0.15, 0.2) is 40.8 Å². The Morgan fingerprint density at radius 3 is 2.55 bits per heavy atom. The van der Waals surface area contributed by atoms with Crippen LogP contribution in [0.1, 0.15) is 29.9 Å². The average Bonchev–Trinajstić information content (AvgIpc) is 3.29. The maximum Gasteiger partial charge on any atom is 0.138 e. The second-order valence-electron chi connectivity index (χ2n) is 5.92. The molecule has 1 aromatic heterocycles. The Bertz CT molecular complexity index is 844. The van der Waals surface area contributed by atoms with Gasteiger partial charge in [0, 0.05) is 28.3 Å². The van der Waals surface area contributed by atoms with E-state index in [-0.39, 0.29) is 5.82 Å². The number of fused-ring (bicyclic) bond motifs is 1. The van der Waals surface area contributed by atoms with Crippen LogP contribution in [-0.2, 0) is 6.42 Å². The Labute approximate surface area is 128 Å². The van der Waals surface area contributed by atoms with Crippen molar-refractivity contribution in [1.29, 1.82) is 0 Å². The minimum absolute atomic E-state index is 0.253. The molecule has 1 aliphatic carbocycles. The van der Waals surface area contributed by atoms with Gasteiger partial charge < -0.3 is 10.2 Å². The highest BCUT2D eigenvalue weighted by Crippen LogP contribution is 2.45. The molecule has 1 aliphatic rings. The highest BCUT2D eigenvalue weighted by molar-refractivity contribution is 5.91. The molecule has 22 heavy (non-hydrogen) atoms. The van der Waals surface area contributed by atoms with Crippen molar-refractivity contribution in [2.75, 3.05) is 5.73 Å². The lowest BCUT2D eigenvalue weighted by Crippen LogP contribution is -1.92. The first kappa shape index (κ1) is 13.4. The molecule has 1 saturated carbocycles. The fourth-order valence-corrected chi connectivity index (χ4v) is 3.06. The minimum Gasteiger partial charge on any atom is -0.456 e. The van der Waals surface area contributed by atoms with E-state index >= 15 is 0 Å². The molecule has 1 fully saturated rings. The summed E-state index contributed by atoms with van der Waals surface area (Å²) in [4.78, 5) is 0. The predicted molar refractivity (Wildman–Crippen MR) is 87.1 cm³/mol. The lowest BCUT2D eigenvalue weighted by atomic mass is 10.00. The van der Waals surface area contributed by atoms with E-state index in [1.165, 1.54) is 30.5 Å². The Kier molecular flexibility index (Phi) is 2.96. The van der Waals surface area contributed by atoms with Gasteiger partial charge in [0.25, 0.3) is 0 Å². The fourth-order valence-electron chi connectivity index (χ4n) is 3.06. The van der Waals surface area contributed by atoms with Crippen molar-refractivity contribution >= 4 is 16.7 Å². The Morgan fingerprint density at radius 1 is 1.18 bits per heavy atom. The minimum atomic E-state index is -0.253. The van der Waals surface area contributed by atoms with Gasteiger partial charge in [0.2, 0.25) is 0 Å². The van der Waals surface area contributed by atoms with Crippen LogP contribution >= 0.6 is 0 Å². The summed E-state index contributed by atoms with van der Waals surface area (Å²) < 4.78 is 19.1. The fraction of sp³-hybridized carbons (Fsp3) is 0.211. The summed E-state index contributed by atoms with van der Waals surface area (Å²) in [6.07, 6.45) is 3.03. The lowest BCUT2D eigenvalue weighted by Gasteiger charge is -2.04.